The molecule has 0 atom stereocenters. The third kappa shape index (κ3) is 4.48. The SMILES string of the molecule is C=CCOc1cc(F)c(-c2cc(F)c(C#Cc3ccc4c(F)c(F)ccc4c3)c(F)c2)c(F)c1. The minimum Gasteiger partial charge on any atom is -0.489 e. The Morgan fingerprint density at radius 2 is 1.41 bits per heavy atom. The summed E-state index contributed by atoms with van der Waals surface area (Å²) in [5.74, 6) is -1.57. The van der Waals surface area contributed by atoms with Gasteiger partial charge in [-0.05, 0) is 41.3 Å². The first-order valence-corrected chi connectivity index (χ1v) is 9.90. The molecule has 7 heteroatoms. The van der Waals surface area contributed by atoms with E-state index in [1.807, 2.05) is 0 Å². The van der Waals surface area contributed by atoms with Gasteiger partial charge >= 0.3 is 0 Å². The molecule has 4 aromatic carbocycles. The third-order valence-corrected chi connectivity index (χ3v) is 4.95. The van der Waals surface area contributed by atoms with E-state index in [4.69, 9.17) is 4.74 Å². The zero-order valence-electron chi connectivity index (χ0n) is 17.4. The minimum atomic E-state index is -1.12. The first-order valence-electron chi connectivity index (χ1n) is 9.90. The molecule has 170 valence electrons. The van der Waals surface area contributed by atoms with Crippen LogP contribution in [0, 0.1) is 46.7 Å². The molecule has 0 amide bonds. The van der Waals surface area contributed by atoms with Crippen molar-refractivity contribution in [2.75, 3.05) is 6.61 Å². The molecule has 0 aliphatic carbocycles. The van der Waals surface area contributed by atoms with Gasteiger partial charge in [0.15, 0.2) is 11.6 Å². The van der Waals surface area contributed by atoms with Crippen molar-refractivity contribution in [3.8, 4) is 28.7 Å². The van der Waals surface area contributed by atoms with Crippen LogP contribution in [0.4, 0.5) is 26.3 Å². The second-order valence-electron chi connectivity index (χ2n) is 7.22. The topological polar surface area (TPSA) is 9.23 Å². The van der Waals surface area contributed by atoms with E-state index in [9.17, 15) is 26.3 Å². The van der Waals surface area contributed by atoms with Crippen molar-refractivity contribution in [1.82, 2.24) is 0 Å². The van der Waals surface area contributed by atoms with Gasteiger partial charge in [-0.2, -0.15) is 0 Å². The molecule has 0 heterocycles. The lowest BCUT2D eigenvalue weighted by atomic mass is 10.0. The van der Waals surface area contributed by atoms with E-state index >= 15 is 0 Å². The maximum Gasteiger partial charge on any atom is 0.166 e. The molecule has 0 aliphatic heterocycles. The summed E-state index contributed by atoms with van der Waals surface area (Å²) in [6, 6.07) is 9.80. The molecule has 0 N–H and O–H groups in total. The number of fused-ring (bicyclic) bond motifs is 1. The molecule has 4 rings (SSSR count). The zero-order valence-corrected chi connectivity index (χ0v) is 17.4. The molecule has 0 unspecified atom stereocenters. The Morgan fingerprint density at radius 3 is 2.06 bits per heavy atom. The van der Waals surface area contributed by atoms with E-state index in [0.29, 0.717) is 10.9 Å². The predicted molar refractivity (Wildman–Crippen MR) is 117 cm³/mol. The number of rotatable bonds is 4. The van der Waals surface area contributed by atoms with Gasteiger partial charge in [0.1, 0.15) is 35.6 Å². The molecule has 0 radical (unpaired) electrons. The quantitative estimate of drug-likeness (QED) is 0.173. The smallest absolute Gasteiger partial charge is 0.166 e. The summed E-state index contributed by atoms with van der Waals surface area (Å²) in [6.07, 6.45) is 1.39. The Labute approximate surface area is 190 Å². The lowest BCUT2D eigenvalue weighted by molar-refractivity contribution is 0.358. The highest BCUT2D eigenvalue weighted by molar-refractivity contribution is 5.84. The lowest BCUT2D eigenvalue weighted by Crippen LogP contribution is -1.99. The fourth-order valence-corrected chi connectivity index (χ4v) is 3.38. The predicted octanol–water partition coefficient (Wildman–Crippen LogP) is 7.31. The van der Waals surface area contributed by atoms with Crippen LogP contribution >= 0.6 is 0 Å². The minimum absolute atomic E-state index is 0.0257. The molecular formula is C27H14F6O. The van der Waals surface area contributed by atoms with Gasteiger partial charge in [0.05, 0.1) is 11.1 Å². The molecule has 4 aromatic rings. The number of hydrogen-bond donors (Lipinski definition) is 0. The largest absolute Gasteiger partial charge is 0.489 e. The second kappa shape index (κ2) is 9.36. The summed E-state index contributed by atoms with van der Waals surface area (Å²) in [7, 11) is 0. The average molecular weight is 468 g/mol. The van der Waals surface area contributed by atoms with Crippen LogP contribution in [-0.2, 0) is 0 Å². The number of halogens is 6. The second-order valence-corrected chi connectivity index (χ2v) is 7.22. The van der Waals surface area contributed by atoms with Gasteiger partial charge in [-0.3, -0.25) is 0 Å². The summed E-state index contributed by atoms with van der Waals surface area (Å²) in [4.78, 5) is 0. The van der Waals surface area contributed by atoms with Crippen molar-refractivity contribution >= 4 is 10.8 Å². The summed E-state index contributed by atoms with van der Waals surface area (Å²) in [5.41, 5.74) is -1.28. The zero-order chi connectivity index (χ0) is 24.4. The van der Waals surface area contributed by atoms with E-state index in [1.54, 1.807) is 0 Å². The molecule has 34 heavy (non-hydrogen) atoms. The van der Waals surface area contributed by atoms with Crippen molar-refractivity contribution in [3.05, 3.63) is 113 Å². The van der Waals surface area contributed by atoms with Crippen LogP contribution < -0.4 is 4.74 Å². The Hall–Kier alpha value is -4.18. The fraction of sp³-hybridized carbons (Fsp3) is 0.0370. The molecule has 0 bridgehead atoms. The highest BCUT2D eigenvalue weighted by Crippen LogP contribution is 2.32. The first kappa shape index (κ1) is 23.0. The van der Waals surface area contributed by atoms with E-state index in [1.165, 1.54) is 30.3 Å². The van der Waals surface area contributed by atoms with Crippen molar-refractivity contribution < 1.29 is 31.1 Å². The van der Waals surface area contributed by atoms with Gasteiger partial charge in [0.25, 0.3) is 0 Å². The fourth-order valence-electron chi connectivity index (χ4n) is 3.38. The van der Waals surface area contributed by atoms with Crippen LogP contribution in [0.1, 0.15) is 11.1 Å². The van der Waals surface area contributed by atoms with Crippen molar-refractivity contribution in [3.63, 3.8) is 0 Å². The molecule has 0 aromatic heterocycles. The van der Waals surface area contributed by atoms with Gasteiger partial charge in [-0.1, -0.05) is 36.6 Å². The van der Waals surface area contributed by atoms with Crippen molar-refractivity contribution in [2.45, 2.75) is 0 Å². The summed E-state index contributed by atoms with van der Waals surface area (Å²) in [6.45, 7) is 3.46. The Morgan fingerprint density at radius 1 is 0.735 bits per heavy atom. The van der Waals surface area contributed by atoms with Gasteiger partial charge in [0, 0.05) is 23.1 Å². The maximum atomic E-state index is 14.6. The van der Waals surface area contributed by atoms with Crippen LogP contribution in [0.5, 0.6) is 5.75 Å². The van der Waals surface area contributed by atoms with E-state index in [0.717, 1.165) is 30.3 Å². The third-order valence-electron chi connectivity index (χ3n) is 4.95. The summed E-state index contributed by atoms with van der Waals surface area (Å²) in [5, 5.41) is 0.394. The van der Waals surface area contributed by atoms with E-state index in [-0.39, 0.29) is 23.3 Å². The van der Waals surface area contributed by atoms with Crippen LogP contribution in [0.3, 0.4) is 0 Å². The van der Waals surface area contributed by atoms with Gasteiger partial charge < -0.3 is 4.74 Å². The molecule has 0 fully saturated rings. The summed E-state index contributed by atoms with van der Waals surface area (Å²) >= 11 is 0. The number of benzene rings is 4. The standard InChI is InChI=1S/C27H14F6O/c1-2-9-34-18-13-24(31)26(25(32)14-18)17-11-22(29)20(23(30)12-17)7-4-15-3-6-19-16(10-15)5-8-21(28)27(19)33/h2-3,5-6,8,10-14H,1,9H2. The molecule has 0 spiro atoms. The van der Waals surface area contributed by atoms with Crippen LogP contribution in [0.15, 0.2) is 67.3 Å². The van der Waals surface area contributed by atoms with Crippen LogP contribution in [-0.4, -0.2) is 6.61 Å². The number of ether oxygens (including phenoxy) is 1. The van der Waals surface area contributed by atoms with Crippen LogP contribution in [0.25, 0.3) is 21.9 Å². The first-order chi connectivity index (χ1) is 16.3. The molecule has 0 saturated heterocycles. The molecule has 0 saturated carbocycles. The monoisotopic (exact) mass is 468 g/mol. The van der Waals surface area contributed by atoms with Crippen molar-refractivity contribution in [1.29, 1.82) is 0 Å². The van der Waals surface area contributed by atoms with Crippen molar-refractivity contribution in [2.24, 2.45) is 0 Å². The highest BCUT2D eigenvalue weighted by atomic mass is 19.2. The van der Waals surface area contributed by atoms with E-state index < -0.39 is 46.0 Å². The normalized spacial score (nSPS) is 10.6. The van der Waals surface area contributed by atoms with Gasteiger partial charge in [0.2, 0.25) is 0 Å². The molecular weight excluding hydrogens is 454 g/mol. The van der Waals surface area contributed by atoms with Gasteiger partial charge in [-0.15, -0.1) is 0 Å². The Bertz CT molecular complexity index is 1450. The summed E-state index contributed by atoms with van der Waals surface area (Å²) < 4.78 is 90.5. The Balaban J connectivity index is 1.69. The lowest BCUT2D eigenvalue weighted by Gasteiger charge is -2.10. The molecule has 0 aliphatic rings. The van der Waals surface area contributed by atoms with E-state index in [2.05, 4.69) is 18.4 Å². The average Bonchev–Trinajstić information content (AvgIpc) is 2.79. The Kier molecular flexibility index (Phi) is 6.33. The van der Waals surface area contributed by atoms with Gasteiger partial charge in [-0.25, -0.2) is 26.3 Å². The maximum absolute atomic E-state index is 14.6. The highest BCUT2D eigenvalue weighted by Gasteiger charge is 2.18. The number of hydrogen-bond acceptors (Lipinski definition) is 1. The molecule has 1 nitrogen and oxygen atoms in total. The van der Waals surface area contributed by atoms with Crippen LogP contribution in [0.2, 0.25) is 0 Å².